The highest BCUT2D eigenvalue weighted by Gasteiger charge is 2.53. The van der Waals surface area contributed by atoms with E-state index in [1.54, 1.807) is 17.4 Å². The van der Waals surface area contributed by atoms with Crippen molar-refractivity contribution in [3.63, 3.8) is 0 Å². The van der Waals surface area contributed by atoms with E-state index in [4.69, 9.17) is 16.1 Å². The molecule has 1 saturated carbocycles. The average Bonchev–Trinajstić information content (AvgIpc) is 3.00. The molecule has 0 unspecified atom stereocenters. The van der Waals surface area contributed by atoms with E-state index in [9.17, 15) is 4.79 Å². The molecule has 0 radical (unpaired) electrons. The highest BCUT2D eigenvalue weighted by Crippen LogP contribution is 2.49. The first-order chi connectivity index (χ1) is 11.6. The second-order valence-electron chi connectivity index (χ2n) is 6.05. The molecule has 1 aromatic carbocycles. The van der Waals surface area contributed by atoms with Gasteiger partial charge in [0, 0.05) is 16.8 Å². The van der Waals surface area contributed by atoms with Crippen molar-refractivity contribution in [2.24, 2.45) is 0 Å². The minimum absolute atomic E-state index is 0.0616. The molecule has 0 spiro atoms. The molecule has 0 saturated heterocycles. The molecule has 0 atom stereocenters. The van der Waals surface area contributed by atoms with Crippen LogP contribution >= 0.6 is 22.9 Å². The van der Waals surface area contributed by atoms with Crippen LogP contribution in [0, 0.1) is 6.92 Å². The Morgan fingerprint density at radius 1 is 1.33 bits per heavy atom. The number of hydrogen-bond acceptors (Lipinski definition) is 4. The number of nitrogens with one attached hydrogen (secondary N) is 1. The van der Waals surface area contributed by atoms with Gasteiger partial charge in [-0.3, -0.25) is 4.79 Å². The van der Waals surface area contributed by atoms with E-state index >= 15 is 0 Å². The van der Waals surface area contributed by atoms with Gasteiger partial charge in [-0.25, -0.2) is 0 Å². The van der Waals surface area contributed by atoms with Gasteiger partial charge in [0.1, 0.15) is 0 Å². The number of nitrogens with zero attached hydrogens (tertiary/aromatic N) is 1. The molecule has 122 valence electrons. The number of aryl methyl sites for hydroxylation is 1. The van der Waals surface area contributed by atoms with E-state index in [2.05, 4.69) is 10.5 Å². The number of halogens is 1. The molecule has 2 aromatic heterocycles. The summed E-state index contributed by atoms with van der Waals surface area (Å²) >= 11 is 7.71. The van der Waals surface area contributed by atoms with Crippen LogP contribution in [-0.4, -0.2) is 11.1 Å². The van der Waals surface area contributed by atoms with Gasteiger partial charge >= 0.3 is 0 Å². The summed E-state index contributed by atoms with van der Waals surface area (Å²) in [6.45, 7) is 1.93. The predicted molar refractivity (Wildman–Crippen MR) is 95.5 cm³/mol. The fourth-order valence-electron chi connectivity index (χ4n) is 2.68. The van der Waals surface area contributed by atoms with E-state index < -0.39 is 5.41 Å². The molecule has 3 aromatic rings. The molecule has 1 N–H and O–H groups in total. The molecule has 0 aliphatic heterocycles. The number of carbonyl (C=O) groups is 1. The number of benzene rings is 1. The Kier molecular flexibility index (Phi) is 3.70. The summed E-state index contributed by atoms with van der Waals surface area (Å²) in [4.78, 5) is 13.8. The van der Waals surface area contributed by atoms with Crippen LogP contribution in [0.15, 0.2) is 46.3 Å². The largest absolute Gasteiger partial charge is 0.355 e. The molecule has 1 amide bonds. The number of aromatic nitrogens is 1. The number of anilines is 1. The van der Waals surface area contributed by atoms with Crippen LogP contribution < -0.4 is 5.32 Å². The van der Waals surface area contributed by atoms with Crippen molar-refractivity contribution in [1.82, 2.24) is 5.16 Å². The van der Waals surface area contributed by atoms with Crippen LogP contribution in [0.4, 0.5) is 5.69 Å². The third kappa shape index (κ3) is 2.64. The summed E-state index contributed by atoms with van der Waals surface area (Å²) < 4.78 is 5.43. The molecule has 1 aliphatic carbocycles. The van der Waals surface area contributed by atoms with Gasteiger partial charge < -0.3 is 9.84 Å². The lowest BCUT2D eigenvalue weighted by atomic mass is 10.0. The molecule has 4 rings (SSSR count). The van der Waals surface area contributed by atoms with Crippen LogP contribution in [-0.2, 0) is 10.2 Å². The van der Waals surface area contributed by atoms with Gasteiger partial charge in [0.05, 0.1) is 16.0 Å². The minimum atomic E-state index is -0.587. The lowest BCUT2D eigenvalue weighted by molar-refractivity contribution is -0.118. The standard InChI is InChI=1S/C18H15ClN2O2S/c1-11-4-5-12(9-13(11)19)20-17(22)18(6-7-18)16-10-14(23-21-16)15-3-2-8-24-15/h2-5,8-10H,6-7H2,1H3,(H,20,22). The van der Waals surface area contributed by atoms with Crippen molar-refractivity contribution in [1.29, 1.82) is 0 Å². The minimum Gasteiger partial charge on any atom is -0.355 e. The highest BCUT2D eigenvalue weighted by molar-refractivity contribution is 7.13. The highest BCUT2D eigenvalue weighted by atomic mass is 35.5. The van der Waals surface area contributed by atoms with E-state index in [0.717, 1.165) is 23.3 Å². The van der Waals surface area contributed by atoms with Gasteiger partial charge in [-0.1, -0.05) is 28.9 Å². The first-order valence-corrected chi connectivity index (χ1v) is 8.93. The molecule has 4 nitrogen and oxygen atoms in total. The Labute approximate surface area is 148 Å². The second kappa shape index (κ2) is 5.76. The van der Waals surface area contributed by atoms with Crippen LogP contribution in [0.5, 0.6) is 0 Å². The van der Waals surface area contributed by atoms with Crippen LogP contribution in [0.2, 0.25) is 5.02 Å². The Bertz CT molecular complexity index is 898. The van der Waals surface area contributed by atoms with Crippen LogP contribution in [0.25, 0.3) is 10.6 Å². The fourth-order valence-corrected chi connectivity index (χ4v) is 3.54. The fraction of sp³-hybridized carbons (Fsp3) is 0.222. The lowest BCUT2D eigenvalue weighted by Crippen LogP contribution is -2.28. The number of thiophene rings is 1. The summed E-state index contributed by atoms with van der Waals surface area (Å²) in [7, 11) is 0. The zero-order chi connectivity index (χ0) is 16.7. The van der Waals surface area contributed by atoms with E-state index in [0.29, 0.717) is 22.2 Å². The lowest BCUT2D eigenvalue weighted by Gasteiger charge is -2.13. The van der Waals surface area contributed by atoms with Crippen molar-refractivity contribution in [3.05, 3.63) is 58.1 Å². The van der Waals surface area contributed by atoms with Gasteiger partial charge in [-0.2, -0.15) is 0 Å². The zero-order valence-corrected chi connectivity index (χ0v) is 14.6. The molecule has 24 heavy (non-hydrogen) atoms. The summed E-state index contributed by atoms with van der Waals surface area (Å²) in [5.41, 5.74) is 1.79. The molecule has 1 fully saturated rings. The van der Waals surface area contributed by atoms with Crippen molar-refractivity contribution < 1.29 is 9.32 Å². The van der Waals surface area contributed by atoms with Crippen molar-refractivity contribution in [2.45, 2.75) is 25.2 Å². The van der Waals surface area contributed by atoms with Gasteiger partial charge in [-0.15, -0.1) is 11.3 Å². The average molecular weight is 359 g/mol. The van der Waals surface area contributed by atoms with E-state index in [1.807, 2.05) is 42.6 Å². The third-order valence-electron chi connectivity index (χ3n) is 4.38. The van der Waals surface area contributed by atoms with Crippen LogP contribution in [0.1, 0.15) is 24.1 Å². The summed E-state index contributed by atoms with van der Waals surface area (Å²) in [5, 5.41) is 9.72. The third-order valence-corrected chi connectivity index (χ3v) is 5.67. The Hall–Kier alpha value is -2.11. The molecular weight excluding hydrogens is 344 g/mol. The number of amides is 1. The maximum absolute atomic E-state index is 12.8. The molecule has 0 bridgehead atoms. The first kappa shape index (κ1) is 15.4. The van der Waals surface area contributed by atoms with Gasteiger partial charge in [-0.05, 0) is 48.9 Å². The topological polar surface area (TPSA) is 55.1 Å². The van der Waals surface area contributed by atoms with E-state index in [1.165, 1.54) is 0 Å². The number of hydrogen-bond donors (Lipinski definition) is 1. The molecule has 1 aliphatic rings. The molecular formula is C18H15ClN2O2S. The monoisotopic (exact) mass is 358 g/mol. The van der Waals surface area contributed by atoms with Gasteiger partial charge in [0.25, 0.3) is 0 Å². The number of rotatable bonds is 4. The maximum atomic E-state index is 12.8. The Balaban J connectivity index is 1.56. The van der Waals surface area contributed by atoms with Gasteiger partial charge in [0.15, 0.2) is 5.76 Å². The van der Waals surface area contributed by atoms with Crippen molar-refractivity contribution in [3.8, 4) is 10.6 Å². The maximum Gasteiger partial charge on any atom is 0.236 e. The smallest absolute Gasteiger partial charge is 0.236 e. The Morgan fingerprint density at radius 3 is 2.83 bits per heavy atom. The normalized spacial score (nSPS) is 15.2. The first-order valence-electron chi connectivity index (χ1n) is 7.67. The van der Waals surface area contributed by atoms with Gasteiger partial charge in [0.2, 0.25) is 5.91 Å². The predicted octanol–water partition coefficient (Wildman–Crippen LogP) is 5.04. The molecule has 6 heteroatoms. The SMILES string of the molecule is Cc1ccc(NC(=O)C2(c3cc(-c4cccs4)on3)CC2)cc1Cl. The Morgan fingerprint density at radius 2 is 2.17 bits per heavy atom. The molecule has 2 heterocycles. The summed E-state index contributed by atoms with van der Waals surface area (Å²) in [6.07, 6.45) is 1.55. The van der Waals surface area contributed by atoms with Crippen molar-refractivity contribution in [2.75, 3.05) is 5.32 Å². The summed E-state index contributed by atoms with van der Waals surface area (Å²) in [5.74, 6) is 0.644. The number of carbonyl (C=O) groups excluding carboxylic acids is 1. The summed E-state index contributed by atoms with van der Waals surface area (Å²) in [6, 6.07) is 11.3. The van der Waals surface area contributed by atoms with E-state index in [-0.39, 0.29) is 5.91 Å². The zero-order valence-electron chi connectivity index (χ0n) is 13.0. The van der Waals surface area contributed by atoms with Crippen LogP contribution in [0.3, 0.4) is 0 Å². The van der Waals surface area contributed by atoms with Crippen molar-refractivity contribution >= 4 is 34.5 Å². The quantitative estimate of drug-likeness (QED) is 0.711. The second-order valence-corrected chi connectivity index (χ2v) is 7.41.